The predicted molar refractivity (Wildman–Crippen MR) is 220 cm³/mol. The van der Waals surface area contributed by atoms with Crippen molar-refractivity contribution in [3.8, 4) is 0 Å². The summed E-state index contributed by atoms with van der Waals surface area (Å²) >= 11 is 0. The smallest absolute Gasteiger partial charge is 0.306 e. The van der Waals surface area contributed by atoms with Crippen molar-refractivity contribution in [1.82, 2.24) is 0 Å². The van der Waals surface area contributed by atoms with Crippen LogP contribution in [0.15, 0.2) is 0 Å². The van der Waals surface area contributed by atoms with Gasteiger partial charge in [0.25, 0.3) is 0 Å². The van der Waals surface area contributed by atoms with Crippen LogP contribution in [0.1, 0.15) is 258 Å². The summed E-state index contributed by atoms with van der Waals surface area (Å²) in [6.07, 6.45) is 42.5. The summed E-state index contributed by atoms with van der Waals surface area (Å²) in [7, 11) is 0. The maximum atomic E-state index is 12.7. The van der Waals surface area contributed by atoms with Gasteiger partial charge in [-0.25, -0.2) is 0 Å². The van der Waals surface area contributed by atoms with Gasteiger partial charge in [-0.15, -0.1) is 0 Å². The lowest BCUT2D eigenvalue weighted by Crippen LogP contribution is -2.30. The number of hydrogen-bond acceptors (Lipinski definition) is 6. The van der Waals surface area contributed by atoms with Crippen LogP contribution in [0.2, 0.25) is 0 Å². The fraction of sp³-hybridized carbons (Fsp3) is 0.935. The van der Waals surface area contributed by atoms with E-state index >= 15 is 0 Å². The van der Waals surface area contributed by atoms with E-state index in [2.05, 4.69) is 20.8 Å². The van der Waals surface area contributed by atoms with Gasteiger partial charge < -0.3 is 14.2 Å². The normalized spacial score (nSPS) is 11.8. The van der Waals surface area contributed by atoms with Gasteiger partial charge in [0.05, 0.1) is 0 Å². The Hall–Kier alpha value is -1.59. The van der Waals surface area contributed by atoms with E-state index in [-0.39, 0.29) is 31.1 Å². The molecular formula is C46H88O6. The summed E-state index contributed by atoms with van der Waals surface area (Å²) in [5.41, 5.74) is 0. The van der Waals surface area contributed by atoms with Crippen LogP contribution >= 0.6 is 0 Å². The molecular weight excluding hydrogens is 648 g/mol. The van der Waals surface area contributed by atoms with E-state index in [1.807, 2.05) is 0 Å². The molecule has 0 amide bonds. The second kappa shape index (κ2) is 42.2. The minimum Gasteiger partial charge on any atom is -0.462 e. The fourth-order valence-electron chi connectivity index (χ4n) is 6.85. The Balaban J connectivity index is 4.16. The maximum absolute atomic E-state index is 12.7. The van der Waals surface area contributed by atoms with Crippen molar-refractivity contribution in [3.05, 3.63) is 0 Å². The summed E-state index contributed by atoms with van der Waals surface area (Å²) in [6, 6.07) is 0. The molecule has 0 bridgehead atoms. The summed E-state index contributed by atoms with van der Waals surface area (Å²) in [5, 5.41) is 0. The largest absolute Gasteiger partial charge is 0.462 e. The van der Waals surface area contributed by atoms with E-state index in [0.717, 1.165) is 64.2 Å². The SMILES string of the molecule is CCCCCCCCCCCCCCCCCCC(=O)O[C@H](COC(=O)CCCCCCC)COC(=O)CCCCCCCCCCCCCCC. The molecule has 0 aromatic heterocycles. The highest BCUT2D eigenvalue weighted by molar-refractivity contribution is 5.71. The van der Waals surface area contributed by atoms with Gasteiger partial charge in [0.2, 0.25) is 0 Å². The lowest BCUT2D eigenvalue weighted by atomic mass is 10.0. The number of rotatable bonds is 42. The van der Waals surface area contributed by atoms with E-state index in [1.165, 1.54) is 154 Å². The zero-order valence-corrected chi connectivity index (χ0v) is 35.1. The number of ether oxygens (including phenoxy) is 3. The van der Waals surface area contributed by atoms with Gasteiger partial charge in [0, 0.05) is 19.3 Å². The van der Waals surface area contributed by atoms with Gasteiger partial charge in [-0.2, -0.15) is 0 Å². The van der Waals surface area contributed by atoms with Gasteiger partial charge in [-0.1, -0.05) is 220 Å². The maximum Gasteiger partial charge on any atom is 0.306 e. The highest BCUT2D eigenvalue weighted by Crippen LogP contribution is 2.16. The van der Waals surface area contributed by atoms with Gasteiger partial charge >= 0.3 is 17.9 Å². The molecule has 6 nitrogen and oxygen atoms in total. The molecule has 0 radical (unpaired) electrons. The van der Waals surface area contributed by atoms with Gasteiger partial charge in [0.1, 0.15) is 13.2 Å². The molecule has 0 aliphatic rings. The van der Waals surface area contributed by atoms with Gasteiger partial charge in [0.15, 0.2) is 6.10 Å². The standard InChI is InChI=1S/C46H88O6/c1-4-7-10-13-15-17-19-21-22-23-25-27-29-31-34-37-40-46(49)52-43(41-50-44(47)38-35-32-12-9-6-3)42-51-45(48)39-36-33-30-28-26-24-20-18-16-14-11-8-5-2/h43H,4-42H2,1-3H3/t43-/m1/s1. The molecule has 0 aliphatic heterocycles. The number of carbonyl (C=O) groups is 3. The van der Waals surface area contributed by atoms with E-state index in [0.29, 0.717) is 19.3 Å². The second-order valence-corrected chi connectivity index (χ2v) is 15.7. The van der Waals surface area contributed by atoms with E-state index in [4.69, 9.17) is 14.2 Å². The van der Waals surface area contributed by atoms with Crippen molar-refractivity contribution >= 4 is 17.9 Å². The molecule has 0 unspecified atom stereocenters. The third kappa shape index (κ3) is 39.6. The molecule has 0 heterocycles. The fourth-order valence-corrected chi connectivity index (χ4v) is 6.85. The topological polar surface area (TPSA) is 78.9 Å². The Morgan fingerprint density at radius 3 is 0.769 bits per heavy atom. The van der Waals surface area contributed by atoms with Crippen LogP contribution in [-0.2, 0) is 28.6 Å². The van der Waals surface area contributed by atoms with Crippen LogP contribution in [0.3, 0.4) is 0 Å². The molecule has 0 fully saturated rings. The lowest BCUT2D eigenvalue weighted by molar-refractivity contribution is -0.167. The number of hydrogen-bond donors (Lipinski definition) is 0. The zero-order valence-electron chi connectivity index (χ0n) is 35.1. The molecule has 308 valence electrons. The molecule has 6 heteroatoms. The van der Waals surface area contributed by atoms with Crippen LogP contribution in [0.4, 0.5) is 0 Å². The monoisotopic (exact) mass is 737 g/mol. The molecule has 0 aromatic rings. The van der Waals surface area contributed by atoms with Crippen LogP contribution in [0, 0.1) is 0 Å². The van der Waals surface area contributed by atoms with E-state index in [9.17, 15) is 14.4 Å². The van der Waals surface area contributed by atoms with Crippen LogP contribution < -0.4 is 0 Å². The first-order valence-corrected chi connectivity index (χ1v) is 23.0. The third-order valence-electron chi connectivity index (χ3n) is 10.4. The van der Waals surface area contributed by atoms with Gasteiger partial charge in [-0.05, 0) is 19.3 Å². The Morgan fingerprint density at radius 2 is 0.519 bits per heavy atom. The quantitative estimate of drug-likeness (QED) is 0.0353. The molecule has 0 aliphatic carbocycles. The molecule has 0 saturated heterocycles. The highest BCUT2D eigenvalue weighted by atomic mass is 16.6. The van der Waals surface area contributed by atoms with Crippen molar-refractivity contribution in [1.29, 1.82) is 0 Å². The first kappa shape index (κ1) is 50.4. The van der Waals surface area contributed by atoms with Crippen LogP contribution in [0.5, 0.6) is 0 Å². The molecule has 0 rings (SSSR count). The minimum absolute atomic E-state index is 0.0637. The van der Waals surface area contributed by atoms with E-state index in [1.54, 1.807) is 0 Å². The summed E-state index contributed by atoms with van der Waals surface area (Å²) in [6.45, 7) is 6.58. The Bertz CT molecular complexity index is 768. The third-order valence-corrected chi connectivity index (χ3v) is 10.4. The number of carbonyl (C=O) groups excluding carboxylic acids is 3. The van der Waals surface area contributed by atoms with Crippen molar-refractivity contribution in [2.75, 3.05) is 13.2 Å². The van der Waals surface area contributed by atoms with Crippen LogP contribution in [-0.4, -0.2) is 37.2 Å². The summed E-state index contributed by atoms with van der Waals surface area (Å²) in [4.78, 5) is 37.5. The zero-order chi connectivity index (χ0) is 38.0. The first-order valence-electron chi connectivity index (χ1n) is 23.0. The van der Waals surface area contributed by atoms with Crippen molar-refractivity contribution in [3.63, 3.8) is 0 Å². The van der Waals surface area contributed by atoms with Crippen molar-refractivity contribution < 1.29 is 28.6 Å². The predicted octanol–water partition coefficient (Wildman–Crippen LogP) is 14.5. The number of unbranched alkanes of at least 4 members (excludes halogenated alkanes) is 31. The highest BCUT2D eigenvalue weighted by Gasteiger charge is 2.19. The lowest BCUT2D eigenvalue weighted by Gasteiger charge is -2.18. The Morgan fingerprint density at radius 1 is 0.308 bits per heavy atom. The molecule has 52 heavy (non-hydrogen) atoms. The van der Waals surface area contributed by atoms with Crippen LogP contribution in [0.25, 0.3) is 0 Å². The minimum atomic E-state index is -0.756. The molecule has 0 spiro atoms. The Kier molecular flexibility index (Phi) is 40.9. The average molecular weight is 737 g/mol. The second-order valence-electron chi connectivity index (χ2n) is 15.7. The van der Waals surface area contributed by atoms with Crippen molar-refractivity contribution in [2.24, 2.45) is 0 Å². The molecule has 0 N–H and O–H groups in total. The summed E-state index contributed by atoms with van der Waals surface area (Å²) in [5.74, 6) is -0.864. The molecule has 1 atom stereocenters. The van der Waals surface area contributed by atoms with Gasteiger partial charge in [-0.3, -0.25) is 14.4 Å². The van der Waals surface area contributed by atoms with Crippen molar-refractivity contribution in [2.45, 2.75) is 264 Å². The summed E-state index contributed by atoms with van der Waals surface area (Å²) < 4.78 is 16.6. The number of esters is 3. The van der Waals surface area contributed by atoms with E-state index < -0.39 is 6.10 Å². The first-order chi connectivity index (χ1) is 25.5. The average Bonchev–Trinajstić information content (AvgIpc) is 3.14. The molecule has 0 aromatic carbocycles. The Labute approximate surface area is 323 Å². The molecule has 0 saturated carbocycles.